The second-order valence-corrected chi connectivity index (χ2v) is 14.0. The van der Waals surface area contributed by atoms with Gasteiger partial charge in [-0.1, -0.05) is 170 Å². The quantitative estimate of drug-likeness (QED) is 0.162. The first kappa shape index (κ1) is 31.1. The monoisotopic (exact) mass is 700 g/mol. The van der Waals surface area contributed by atoms with Crippen LogP contribution in [0, 0.1) is 0 Å². The number of hydrogen-bond donors (Lipinski definition) is 0. The molecule has 0 aliphatic rings. The van der Waals surface area contributed by atoms with Gasteiger partial charge in [-0.05, 0) is 62.7 Å². The second kappa shape index (κ2) is 12.6. The molecule has 11 aromatic rings. The van der Waals surface area contributed by atoms with Gasteiger partial charge < -0.3 is 4.57 Å². The highest BCUT2D eigenvalue weighted by molar-refractivity contribution is 6.24. The van der Waals surface area contributed by atoms with Crippen LogP contribution in [0.5, 0.6) is 0 Å². The Morgan fingerprint density at radius 1 is 0.291 bits per heavy atom. The van der Waals surface area contributed by atoms with Crippen LogP contribution in [-0.4, -0.2) is 19.5 Å². The Labute approximate surface area is 318 Å². The molecule has 0 amide bonds. The molecule has 0 bridgehead atoms. The van der Waals surface area contributed by atoms with E-state index >= 15 is 0 Å². The van der Waals surface area contributed by atoms with E-state index in [2.05, 4.69) is 187 Å². The average Bonchev–Trinajstić information content (AvgIpc) is 3.61. The molecule has 2 aromatic heterocycles. The van der Waals surface area contributed by atoms with Crippen LogP contribution in [0.15, 0.2) is 194 Å². The summed E-state index contributed by atoms with van der Waals surface area (Å²) in [4.78, 5) is 15.5. The summed E-state index contributed by atoms with van der Waals surface area (Å²) >= 11 is 0. The lowest BCUT2D eigenvalue weighted by molar-refractivity contribution is 1.08. The van der Waals surface area contributed by atoms with Crippen molar-refractivity contribution in [3.05, 3.63) is 194 Å². The van der Waals surface area contributed by atoms with Crippen LogP contribution in [-0.2, 0) is 0 Å². The third-order valence-electron chi connectivity index (χ3n) is 10.8. The van der Waals surface area contributed by atoms with Gasteiger partial charge in [0.15, 0.2) is 17.5 Å². The molecule has 4 nitrogen and oxygen atoms in total. The van der Waals surface area contributed by atoms with E-state index in [4.69, 9.17) is 15.0 Å². The van der Waals surface area contributed by atoms with Gasteiger partial charge in [0.2, 0.25) is 0 Å². The van der Waals surface area contributed by atoms with E-state index in [9.17, 15) is 0 Å². The molecule has 0 saturated carbocycles. The third kappa shape index (κ3) is 5.19. The van der Waals surface area contributed by atoms with Gasteiger partial charge in [-0.15, -0.1) is 0 Å². The molecule has 2 heterocycles. The van der Waals surface area contributed by atoms with Crippen molar-refractivity contribution < 1.29 is 0 Å². The third-order valence-corrected chi connectivity index (χ3v) is 10.8. The number of rotatable bonds is 6. The van der Waals surface area contributed by atoms with Crippen LogP contribution in [0.3, 0.4) is 0 Å². The zero-order valence-electron chi connectivity index (χ0n) is 29.8. The fourth-order valence-electron chi connectivity index (χ4n) is 8.19. The average molecular weight is 701 g/mol. The Balaban J connectivity index is 1.10. The molecule has 0 aliphatic heterocycles. The van der Waals surface area contributed by atoms with Crippen molar-refractivity contribution in [3.63, 3.8) is 0 Å². The summed E-state index contributed by atoms with van der Waals surface area (Å²) in [5, 5.41) is 7.31. The van der Waals surface area contributed by atoms with Gasteiger partial charge in [0, 0.05) is 32.8 Å². The van der Waals surface area contributed by atoms with Crippen LogP contribution in [0.4, 0.5) is 0 Å². The normalized spacial score (nSPS) is 11.6. The van der Waals surface area contributed by atoms with E-state index in [1.165, 1.54) is 43.7 Å². The van der Waals surface area contributed by atoms with Gasteiger partial charge in [-0.25, -0.2) is 15.0 Å². The summed E-state index contributed by atoms with van der Waals surface area (Å²) in [7, 11) is 0. The Morgan fingerprint density at radius 3 is 1.25 bits per heavy atom. The van der Waals surface area contributed by atoms with Gasteiger partial charge >= 0.3 is 0 Å². The maximum atomic E-state index is 5.20. The van der Waals surface area contributed by atoms with Gasteiger partial charge in [0.05, 0.1) is 16.7 Å². The number of aromatic nitrogens is 4. The van der Waals surface area contributed by atoms with Crippen molar-refractivity contribution in [2.45, 2.75) is 0 Å². The Hall–Kier alpha value is -7.43. The molecule has 9 aromatic carbocycles. The molecule has 0 radical (unpaired) electrons. The number of benzene rings is 9. The molecule has 55 heavy (non-hydrogen) atoms. The van der Waals surface area contributed by atoms with Crippen LogP contribution in [0.2, 0.25) is 0 Å². The first-order chi connectivity index (χ1) is 27.3. The van der Waals surface area contributed by atoms with Crippen molar-refractivity contribution in [2.75, 3.05) is 0 Å². The van der Waals surface area contributed by atoms with Gasteiger partial charge in [-0.3, -0.25) is 0 Å². The van der Waals surface area contributed by atoms with Crippen molar-refractivity contribution in [1.29, 1.82) is 0 Å². The van der Waals surface area contributed by atoms with Crippen molar-refractivity contribution >= 4 is 43.4 Å². The number of hydrogen-bond acceptors (Lipinski definition) is 3. The Morgan fingerprint density at radius 2 is 0.727 bits per heavy atom. The lowest BCUT2D eigenvalue weighted by Gasteiger charge is -2.15. The fourth-order valence-corrected chi connectivity index (χ4v) is 8.19. The highest BCUT2D eigenvalue weighted by atomic mass is 15.0. The lowest BCUT2D eigenvalue weighted by atomic mass is 10.0. The highest BCUT2D eigenvalue weighted by Crippen LogP contribution is 2.41. The lowest BCUT2D eigenvalue weighted by Crippen LogP contribution is -2.02. The molecule has 4 heteroatoms. The van der Waals surface area contributed by atoms with E-state index in [1.54, 1.807) is 0 Å². The zero-order valence-corrected chi connectivity index (χ0v) is 29.8. The van der Waals surface area contributed by atoms with Crippen molar-refractivity contribution in [1.82, 2.24) is 19.5 Å². The minimum absolute atomic E-state index is 0.633. The summed E-state index contributed by atoms with van der Waals surface area (Å²) in [6.45, 7) is 0. The number of fused-ring (bicyclic) bond motifs is 1. The number of nitrogens with zero attached hydrogens (tertiary/aromatic N) is 4. The Bertz CT molecular complexity index is 3000. The molecule has 0 atom stereocenters. The van der Waals surface area contributed by atoms with Gasteiger partial charge in [0.25, 0.3) is 0 Å². The molecule has 11 rings (SSSR count). The summed E-state index contributed by atoms with van der Waals surface area (Å²) < 4.78 is 2.42. The molecular weight excluding hydrogens is 669 g/mol. The summed E-state index contributed by atoms with van der Waals surface area (Å²) in [6, 6.07) is 68.6. The van der Waals surface area contributed by atoms with E-state index in [-0.39, 0.29) is 0 Å². The SMILES string of the molecule is c1ccc(-c2ccc(-c3nc(-c4ccc(-c5ccccc5)cc4)nc(-c4ccc(-n5c6cccc7ccc8cccc5c8c76)c5ccccc45)n3)cc2)cc1. The van der Waals surface area contributed by atoms with Crippen LogP contribution in [0.25, 0.3) is 105 Å². The predicted molar refractivity (Wildman–Crippen MR) is 228 cm³/mol. The van der Waals surface area contributed by atoms with Crippen molar-refractivity contribution in [2.24, 2.45) is 0 Å². The highest BCUT2D eigenvalue weighted by Gasteiger charge is 2.20. The zero-order chi connectivity index (χ0) is 36.3. The molecule has 0 aliphatic carbocycles. The topological polar surface area (TPSA) is 43.6 Å². The van der Waals surface area contributed by atoms with Crippen LogP contribution in [0.1, 0.15) is 0 Å². The molecule has 0 spiro atoms. The van der Waals surface area contributed by atoms with E-state index in [0.717, 1.165) is 44.3 Å². The van der Waals surface area contributed by atoms with Gasteiger partial charge in [0.1, 0.15) is 0 Å². The predicted octanol–water partition coefficient (Wildman–Crippen LogP) is 13.0. The van der Waals surface area contributed by atoms with E-state index in [0.29, 0.717) is 17.5 Å². The maximum Gasteiger partial charge on any atom is 0.164 e. The summed E-state index contributed by atoms with van der Waals surface area (Å²) in [5.41, 5.74) is 11.0. The summed E-state index contributed by atoms with van der Waals surface area (Å²) in [5.74, 6) is 1.90. The minimum Gasteiger partial charge on any atom is -0.309 e. The molecule has 256 valence electrons. The smallest absolute Gasteiger partial charge is 0.164 e. The van der Waals surface area contributed by atoms with Gasteiger partial charge in [-0.2, -0.15) is 0 Å². The standard InChI is InChI=1S/C51H32N4/c1-3-11-33(12-4-1)35-21-27-39(28-22-35)49-52-50(40-29-23-36(24-30-40)34-13-5-2-6-14-34)54-51(53-49)43-31-32-44(42-18-8-7-17-41(42)43)55-45-19-9-15-37-25-26-38-16-10-20-46(55)48(38)47(37)45/h1-32H. The largest absolute Gasteiger partial charge is 0.309 e. The first-order valence-electron chi connectivity index (χ1n) is 18.6. The minimum atomic E-state index is 0.633. The maximum absolute atomic E-state index is 5.20. The molecule has 0 fully saturated rings. The first-order valence-corrected chi connectivity index (χ1v) is 18.6. The van der Waals surface area contributed by atoms with Crippen LogP contribution >= 0.6 is 0 Å². The van der Waals surface area contributed by atoms with E-state index in [1.807, 2.05) is 12.1 Å². The van der Waals surface area contributed by atoms with Crippen molar-refractivity contribution in [3.8, 4) is 62.1 Å². The molecule has 0 saturated heterocycles. The van der Waals surface area contributed by atoms with Crippen LogP contribution < -0.4 is 0 Å². The molecule has 0 unspecified atom stereocenters. The summed E-state index contributed by atoms with van der Waals surface area (Å²) in [6.07, 6.45) is 0. The van der Waals surface area contributed by atoms with E-state index < -0.39 is 0 Å². The molecule has 0 N–H and O–H groups in total. The second-order valence-electron chi connectivity index (χ2n) is 14.0. The fraction of sp³-hybridized carbons (Fsp3) is 0. The molecular formula is C51H32N4. The Kier molecular flexibility index (Phi) is 7.14.